The highest BCUT2D eigenvalue weighted by Gasteiger charge is 2.39. The topological polar surface area (TPSA) is 63.4 Å². The Bertz CT molecular complexity index is 485. The van der Waals surface area contributed by atoms with Gasteiger partial charge in [-0.05, 0) is 17.5 Å². The predicted molar refractivity (Wildman–Crippen MR) is 66.3 cm³/mol. The molecule has 2 rings (SSSR count). The average molecular weight is 250 g/mol. The third kappa shape index (κ3) is 2.08. The molecule has 0 spiro atoms. The van der Waals surface area contributed by atoms with Gasteiger partial charge in [0, 0.05) is 12.8 Å². The minimum absolute atomic E-state index is 0.0939. The molecule has 1 aromatic carbocycles. The number of rotatable bonds is 1. The normalized spacial score (nSPS) is 19.2. The van der Waals surface area contributed by atoms with Crippen molar-refractivity contribution in [1.82, 2.24) is 0 Å². The smallest absolute Gasteiger partial charge is 0.234 e. The molecule has 0 saturated carbocycles. The molecule has 96 valence electrons. The van der Waals surface area contributed by atoms with E-state index in [0.29, 0.717) is 0 Å². The summed E-state index contributed by atoms with van der Waals surface area (Å²) < 4.78 is 13.7. The number of carbonyl (C=O) groups is 2. The second kappa shape index (κ2) is 4.08. The van der Waals surface area contributed by atoms with E-state index in [4.69, 9.17) is 5.73 Å². The van der Waals surface area contributed by atoms with Crippen LogP contribution >= 0.6 is 0 Å². The van der Waals surface area contributed by atoms with Crippen LogP contribution in [0.15, 0.2) is 18.2 Å². The quantitative estimate of drug-likeness (QED) is 0.613. The maximum Gasteiger partial charge on any atom is 0.234 e. The lowest BCUT2D eigenvalue weighted by atomic mass is 9.81. The summed E-state index contributed by atoms with van der Waals surface area (Å²) in [6, 6.07) is 4.10. The Balaban J connectivity index is 2.46. The number of carbonyl (C=O) groups excluding carboxylic acids is 2. The largest absolute Gasteiger partial charge is 0.397 e. The zero-order valence-corrected chi connectivity index (χ0v) is 10.4. The minimum Gasteiger partial charge on any atom is -0.397 e. The van der Waals surface area contributed by atoms with E-state index in [1.54, 1.807) is 0 Å². The summed E-state index contributed by atoms with van der Waals surface area (Å²) in [6.45, 7) is 3.68. The van der Waals surface area contributed by atoms with Gasteiger partial charge in [0.05, 0.1) is 5.69 Å². The average Bonchev–Trinajstić information content (AvgIpc) is 2.19. The summed E-state index contributed by atoms with van der Waals surface area (Å²) >= 11 is 0. The number of nitrogens with zero attached hydrogens (tertiary/aromatic N) is 1. The molecule has 4 nitrogen and oxygen atoms in total. The number of hydrogen-bond acceptors (Lipinski definition) is 3. The molecule has 1 aliphatic heterocycles. The number of anilines is 2. The van der Waals surface area contributed by atoms with Crippen molar-refractivity contribution in [3.63, 3.8) is 0 Å². The molecular weight excluding hydrogens is 235 g/mol. The van der Waals surface area contributed by atoms with Gasteiger partial charge in [-0.15, -0.1) is 0 Å². The molecule has 1 aromatic rings. The number of nitrogens with two attached hydrogens (primary N) is 1. The highest BCUT2D eigenvalue weighted by Crippen LogP contribution is 2.36. The van der Waals surface area contributed by atoms with E-state index in [1.807, 2.05) is 13.8 Å². The number of nitrogen functional groups attached to an aromatic ring is 1. The number of para-hydroxylation sites is 1. The molecule has 2 amide bonds. The van der Waals surface area contributed by atoms with Gasteiger partial charge in [-0.3, -0.25) is 9.59 Å². The predicted octanol–water partition coefficient (Wildman–Crippen LogP) is 2.09. The van der Waals surface area contributed by atoms with Gasteiger partial charge >= 0.3 is 0 Å². The van der Waals surface area contributed by atoms with E-state index in [2.05, 4.69) is 0 Å². The Morgan fingerprint density at radius 1 is 1.22 bits per heavy atom. The fourth-order valence-electron chi connectivity index (χ4n) is 2.20. The van der Waals surface area contributed by atoms with Crippen LogP contribution in [-0.2, 0) is 9.59 Å². The first-order valence-corrected chi connectivity index (χ1v) is 5.71. The number of piperidine rings is 1. The molecule has 1 aliphatic rings. The van der Waals surface area contributed by atoms with Crippen molar-refractivity contribution in [2.75, 3.05) is 10.6 Å². The van der Waals surface area contributed by atoms with Crippen LogP contribution in [0.4, 0.5) is 15.8 Å². The summed E-state index contributed by atoms with van der Waals surface area (Å²) in [5, 5.41) is 0. The van der Waals surface area contributed by atoms with Gasteiger partial charge in [0.15, 0.2) is 0 Å². The van der Waals surface area contributed by atoms with Gasteiger partial charge in [0.25, 0.3) is 0 Å². The second-order valence-electron chi connectivity index (χ2n) is 5.32. The lowest BCUT2D eigenvalue weighted by Gasteiger charge is -2.35. The number of hydrogen-bond donors (Lipinski definition) is 1. The van der Waals surface area contributed by atoms with Gasteiger partial charge in [-0.1, -0.05) is 19.9 Å². The van der Waals surface area contributed by atoms with Gasteiger partial charge in [-0.2, -0.15) is 0 Å². The summed E-state index contributed by atoms with van der Waals surface area (Å²) in [4.78, 5) is 24.9. The Labute approximate surface area is 105 Å². The molecule has 1 fully saturated rings. The van der Waals surface area contributed by atoms with Gasteiger partial charge in [-0.25, -0.2) is 9.29 Å². The van der Waals surface area contributed by atoms with E-state index >= 15 is 0 Å². The molecule has 2 N–H and O–H groups in total. The van der Waals surface area contributed by atoms with Crippen molar-refractivity contribution in [2.24, 2.45) is 5.41 Å². The van der Waals surface area contributed by atoms with Crippen LogP contribution in [0.2, 0.25) is 0 Å². The third-order valence-corrected chi connectivity index (χ3v) is 3.00. The van der Waals surface area contributed by atoms with Crippen molar-refractivity contribution in [3.05, 3.63) is 24.0 Å². The Morgan fingerprint density at radius 2 is 1.78 bits per heavy atom. The summed E-state index contributed by atoms with van der Waals surface area (Å²) in [5.41, 5.74) is 5.25. The first-order valence-electron chi connectivity index (χ1n) is 5.71. The van der Waals surface area contributed by atoms with Crippen molar-refractivity contribution in [1.29, 1.82) is 0 Å². The fourth-order valence-corrected chi connectivity index (χ4v) is 2.20. The van der Waals surface area contributed by atoms with Crippen LogP contribution in [0.1, 0.15) is 26.7 Å². The van der Waals surface area contributed by atoms with Crippen molar-refractivity contribution >= 4 is 23.2 Å². The zero-order chi connectivity index (χ0) is 13.5. The monoisotopic (exact) mass is 250 g/mol. The lowest BCUT2D eigenvalue weighted by Crippen LogP contribution is -2.47. The van der Waals surface area contributed by atoms with E-state index in [0.717, 1.165) is 4.90 Å². The zero-order valence-electron chi connectivity index (χ0n) is 10.4. The Kier molecular flexibility index (Phi) is 2.84. The first kappa shape index (κ1) is 12.5. The minimum atomic E-state index is -0.656. The highest BCUT2D eigenvalue weighted by atomic mass is 19.1. The molecule has 0 aliphatic carbocycles. The molecule has 1 saturated heterocycles. The number of benzene rings is 1. The molecule has 0 radical (unpaired) electrons. The van der Waals surface area contributed by atoms with Crippen LogP contribution in [0.25, 0.3) is 0 Å². The maximum absolute atomic E-state index is 13.7. The summed E-state index contributed by atoms with van der Waals surface area (Å²) in [5.74, 6) is -1.47. The Hall–Kier alpha value is -1.91. The summed E-state index contributed by atoms with van der Waals surface area (Å²) in [7, 11) is 0. The van der Waals surface area contributed by atoms with E-state index in [9.17, 15) is 14.0 Å². The maximum atomic E-state index is 13.7. The Morgan fingerprint density at radius 3 is 2.28 bits per heavy atom. The fraction of sp³-hybridized carbons (Fsp3) is 0.385. The van der Waals surface area contributed by atoms with Crippen LogP contribution in [0.5, 0.6) is 0 Å². The van der Waals surface area contributed by atoms with Gasteiger partial charge < -0.3 is 5.73 Å². The van der Waals surface area contributed by atoms with Crippen LogP contribution in [0, 0.1) is 11.2 Å². The number of amides is 2. The molecule has 0 unspecified atom stereocenters. The molecule has 0 bridgehead atoms. The van der Waals surface area contributed by atoms with Gasteiger partial charge in [0.1, 0.15) is 11.5 Å². The molecule has 1 heterocycles. The van der Waals surface area contributed by atoms with Crippen molar-refractivity contribution < 1.29 is 14.0 Å². The summed E-state index contributed by atoms with van der Waals surface area (Å²) in [6.07, 6.45) is 0.402. The van der Waals surface area contributed by atoms with E-state index in [-0.39, 0.29) is 29.6 Å². The molecule has 18 heavy (non-hydrogen) atoms. The van der Waals surface area contributed by atoms with Gasteiger partial charge in [0.2, 0.25) is 11.8 Å². The van der Waals surface area contributed by atoms with E-state index < -0.39 is 17.6 Å². The molecule has 5 heteroatoms. The van der Waals surface area contributed by atoms with Crippen molar-refractivity contribution in [3.8, 4) is 0 Å². The van der Waals surface area contributed by atoms with Crippen LogP contribution < -0.4 is 10.6 Å². The van der Waals surface area contributed by atoms with E-state index in [1.165, 1.54) is 18.2 Å². The third-order valence-electron chi connectivity index (χ3n) is 3.00. The van der Waals surface area contributed by atoms with Crippen LogP contribution in [-0.4, -0.2) is 11.8 Å². The van der Waals surface area contributed by atoms with Crippen molar-refractivity contribution in [2.45, 2.75) is 26.7 Å². The second-order valence-corrected chi connectivity index (χ2v) is 5.32. The number of halogens is 1. The SMILES string of the molecule is CC1(C)CC(=O)N(c2c(N)cccc2F)C(=O)C1. The van der Waals surface area contributed by atoms with Crippen LogP contribution in [0.3, 0.4) is 0 Å². The molecule has 0 atom stereocenters. The molecular formula is C13H15FN2O2. The lowest BCUT2D eigenvalue weighted by molar-refractivity contribution is -0.132. The molecule has 0 aromatic heterocycles. The standard InChI is InChI=1S/C13H15FN2O2/c1-13(2)6-10(17)16(11(18)7-13)12-8(14)4-3-5-9(12)15/h3-5H,6-7,15H2,1-2H3. The number of imide groups is 1. The highest BCUT2D eigenvalue weighted by molar-refractivity contribution is 6.18. The first-order chi connectivity index (χ1) is 8.32.